The van der Waals surface area contributed by atoms with Crippen molar-refractivity contribution in [3.8, 4) is 0 Å². The predicted molar refractivity (Wildman–Crippen MR) is 109 cm³/mol. The Morgan fingerprint density at radius 3 is 1.88 bits per heavy atom. The second-order valence-corrected chi connectivity index (χ2v) is 6.41. The van der Waals surface area contributed by atoms with Gasteiger partial charge in [-0.2, -0.15) is 0 Å². The fraction of sp³-hybridized carbons (Fsp3) is 0.190. The lowest BCUT2D eigenvalue weighted by Crippen LogP contribution is -2.46. The molecule has 0 saturated heterocycles. The zero-order chi connectivity index (χ0) is 18.2. The van der Waals surface area contributed by atoms with Gasteiger partial charge in [-0.1, -0.05) is 24.3 Å². The van der Waals surface area contributed by atoms with Gasteiger partial charge in [0.2, 0.25) is 0 Å². The van der Waals surface area contributed by atoms with Gasteiger partial charge in [-0.15, -0.1) is 0 Å². The van der Waals surface area contributed by atoms with E-state index < -0.39 is 0 Å². The van der Waals surface area contributed by atoms with E-state index in [1.165, 1.54) is 0 Å². The van der Waals surface area contributed by atoms with Gasteiger partial charge in [0.15, 0.2) is 0 Å². The van der Waals surface area contributed by atoms with Gasteiger partial charge in [0.25, 0.3) is 6.71 Å². The molecular weight excluding hydrogens is 319 g/mol. The fourth-order valence-electron chi connectivity index (χ4n) is 2.95. The topological polar surface area (TPSA) is 41.9 Å². The first-order chi connectivity index (χ1) is 12.8. The molecule has 0 fully saturated rings. The lowest BCUT2D eigenvalue weighted by molar-refractivity contribution is 0.417. The summed E-state index contributed by atoms with van der Waals surface area (Å²) >= 11 is 0. The molecule has 0 atom stereocenters. The van der Waals surface area contributed by atoms with E-state index >= 15 is 0 Å². The van der Waals surface area contributed by atoms with Crippen LogP contribution in [0.5, 0.6) is 0 Å². The van der Waals surface area contributed by atoms with Crippen molar-refractivity contribution in [2.45, 2.75) is 6.42 Å². The van der Waals surface area contributed by atoms with E-state index in [-0.39, 0.29) is 6.71 Å². The van der Waals surface area contributed by atoms with Crippen LogP contribution in [0.1, 0.15) is 12.1 Å². The minimum Gasteiger partial charge on any atom is -0.309 e. The molecule has 0 aromatic carbocycles. The monoisotopic (exact) mass is 342 g/mol. The van der Waals surface area contributed by atoms with Crippen molar-refractivity contribution in [3.05, 3.63) is 85.0 Å². The van der Waals surface area contributed by atoms with Crippen molar-refractivity contribution in [2.24, 2.45) is 0 Å². The number of nitrogens with zero attached hydrogens (tertiary/aromatic N) is 4. The number of aromatic nitrogens is 3. The van der Waals surface area contributed by atoms with Crippen LogP contribution in [0.25, 0.3) is 5.47 Å². The lowest BCUT2D eigenvalue weighted by Gasteiger charge is -2.17. The summed E-state index contributed by atoms with van der Waals surface area (Å²) in [6.07, 6.45) is 8.72. The molecule has 0 saturated carbocycles. The molecule has 3 rings (SSSR count). The average molecular weight is 342 g/mol. The Hall–Kier alpha value is -2.79. The Morgan fingerprint density at radius 1 is 0.846 bits per heavy atom. The fourth-order valence-corrected chi connectivity index (χ4v) is 2.95. The van der Waals surface area contributed by atoms with E-state index in [1.54, 1.807) is 0 Å². The van der Waals surface area contributed by atoms with Crippen LogP contribution >= 0.6 is 0 Å². The van der Waals surface area contributed by atoms with Gasteiger partial charge < -0.3 is 4.90 Å². The summed E-state index contributed by atoms with van der Waals surface area (Å²) in [5.74, 6) is 0. The molecule has 0 aliphatic rings. The van der Waals surface area contributed by atoms with E-state index in [0.29, 0.717) is 0 Å². The van der Waals surface area contributed by atoms with Crippen molar-refractivity contribution in [1.29, 1.82) is 0 Å². The maximum Gasteiger partial charge on any atom is 0.290 e. The SMILES string of the molecule is CN(C)CC/C=C(\B(c1ccccn1)c1ccccn1)c1ccccn1. The Morgan fingerprint density at radius 2 is 1.42 bits per heavy atom. The molecule has 0 radical (unpaired) electrons. The zero-order valence-corrected chi connectivity index (χ0v) is 15.3. The third-order valence-corrected chi connectivity index (χ3v) is 4.18. The third-order valence-electron chi connectivity index (χ3n) is 4.18. The predicted octanol–water partition coefficient (Wildman–Crippen LogP) is 2.06. The second-order valence-electron chi connectivity index (χ2n) is 6.41. The number of pyridine rings is 3. The Kier molecular flexibility index (Phi) is 6.28. The van der Waals surface area contributed by atoms with E-state index in [2.05, 4.69) is 58.2 Å². The normalized spacial score (nSPS) is 11.6. The second kappa shape index (κ2) is 9.06. The Labute approximate surface area is 155 Å². The smallest absolute Gasteiger partial charge is 0.290 e. The molecule has 5 heteroatoms. The van der Waals surface area contributed by atoms with Crippen molar-refractivity contribution < 1.29 is 0 Å². The molecule has 130 valence electrons. The summed E-state index contributed by atoms with van der Waals surface area (Å²) in [5, 5.41) is 0. The minimum atomic E-state index is -0.0468. The molecule has 0 aliphatic heterocycles. The van der Waals surface area contributed by atoms with Gasteiger partial charge in [-0.25, -0.2) is 0 Å². The molecular formula is C21H23BN4. The van der Waals surface area contributed by atoms with Crippen molar-refractivity contribution >= 4 is 23.4 Å². The van der Waals surface area contributed by atoms with E-state index in [1.807, 2.05) is 55.0 Å². The van der Waals surface area contributed by atoms with Crippen LogP contribution in [-0.4, -0.2) is 47.2 Å². The molecule has 0 N–H and O–H groups in total. The number of hydrogen-bond donors (Lipinski definition) is 0. The summed E-state index contributed by atoms with van der Waals surface area (Å²) < 4.78 is 0. The molecule has 3 aromatic rings. The molecule has 26 heavy (non-hydrogen) atoms. The van der Waals surface area contributed by atoms with Gasteiger partial charge in [-0.05, 0) is 62.4 Å². The van der Waals surface area contributed by atoms with Gasteiger partial charge in [0.05, 0.1) is 5.69 Å². The minimum absolute atomic E-state index is 0.0468. The van der Waals surface area contributed by atoms with Crippen LogP contribution in [0, 0.1) is 0 Å². The first kappa shape index (κ1) is 18.0. The van der Waals surface area contributed by atoms with E-state index in [9.17, 15) is 0 Å². The molecule has 0 aliphatic carbocycles. The standard InChI is InChI=1S/C21H23BN4/c1-26(2)17-9-10-18(19-11-3-6-14-23-19)22(20-12-4-7-15-24-20)21-13-5-8-16-25-21/h3-8,10-16H,9,17H2,1-2H3/b18-10-. The first-order valence-electron chi connectivity index (χ1n) is 8.84. The summed E-state index contributed by atoms with van der Waals surface area (Å²) in [6, 6.07) is 18.1. The molecule has 3 aromatic heterocycles. The zero-order valence-electron chi connectivity index (χ0n) is 15.3. The van der Waals surface area contributed by atoms with Crippen molar-refractivity contribution in [3.63, 3.8) is 0 Å². The molecule has 4 nitrogen and oxygen atoms in total. The van der Waals surface area contributed by atoms with Crippen molar-refractivity contribution in [1.82, 2.24) is 19.9 Å². The average Bonchev–Trinajstić information content (AvgIpc) is 2.69. The van der Waals surface area contributed by atoms with Crippen LogP contribution in [-0.2, 0) is 0 Å². The van der Waals surface area contributed by atoms with E-state index in [4.69, 9.17) is 0 Å². The highest BCUT2D eigenvalue weighted by atomic mass is 15.0. The number of rotatable bonds is 7. The maximum absolute atomic E-state index is 4.63. The molecule has 0 amide bonds. The lowest BCUT2D eigenvalue weighted by atomic mass is 9.38. The van der Waals surface area contributed by atoms with Gasteiger partial charge in [0, 0.05) is 36.3 Å². The molecule has 0 spiro atoms. The Bertz CT molecular complexity index is 781. The van der Waals surface area contributed by atoms with Crippen LogP contribution < -0.4 is 11.2 Å². The molecule has 3 heterocycles. The van der Waals surface area contributed by atoms with Crippen LogP contribution in [0.2, 0.25) is 0 Å². The first-order valence-corrected chi connectivity index (χ1v) is 8.84. The highest BCUT2D eigenvalue weighted by Gasteiger charge is 2.28. The van der Waals surface area contributed by atoms with Crippen LogP contribution in [0.3, 0.4) is 0 Å². The maximum atomic E-state index is 4.63. The molecule has 0 bridgehead atoms. The quantitative estimate of drug-likeness (QED) is 0.617. The van der Waals surface area contributed by atoms with Crippen LogP contribution in [0.15, 0.2) is 79.3 Å². The summed E-state index contributed by atoms with van der Waals surface area (Å²) in [4.78, 5) is 16.0. The Balaban J connectivity index is 2.09. The summed E-state index contributed by atoms with van der Waals surface area (Å²) in [7, 11) is 4.17. The highest BCUT2D eigenvalue weighted by Crippen LogP contribution is 2.16. The largest absolute Gasteiger partial charge is 0.309 e. The van der Waals surface area contributed by atoms with Gasteiger partial charge in [-0.3, -0.25) is 15.0 Å². The van der Waals surface area contributed by atoms with Crippen molar-refractivity contribution in [2.75, 3.05) is 20.6 Å². The third kappa shape index (κ3) is 4.64. The summed E-state index contributed by atoms with van der Waals surface area (Å²) in [6.45, 7) is 0.933. The highest BCUT2D eigenvalue weighted by molar-refractivity contribution is 6.98. The van der Waals surface area contributed by atoms with E-state index in [0.717, 1.165) is 35.3 Å². The van der Waals surface area contributed by atoms with Gasteiger partial charge in [0.1, 0.15) is 0 Å². The van der Waals surface area contributed by atoms with Crippen LogP contribution in [0.4, 0.5) is 0 Å². The van der Waals surface area contributed by atoms with Gasteiger partial charge >= 0.3 is 0 Å². The molecule has 0 unspecified atom stereocenters. The number of hydrogen-bond acceptors (Lipinski definition) is 4. The summed E-state index contributed by atoms with van der Waals surface area (Å²) in [5.41, 5.74) is 4.07.